The molecule has 0 radical (unpaired) electrons. The van der Waals surface area contributed by atoms with Crippen molar-refractivity contribution in [3.05, 3.63) is 0 Å². The molecule has 0 aromatic heterocycles. The predicted octanol–water partition coefficient (Wildman–Crippen LogP) is 1.22. The number of hydrogen-bond donors (Lipinski definition) is 3. The smallest absolute Gasteiger partial charge is 0.233 e. The second-order valence-corrected chi connectivity index (χ2v) is 5.88. The molecule has 1 amide bonds. The van der Waals surface area contributed by atoms with E-state index < -0.39 is 0 Å². The summed E-state index contributed by atoms with van der Waals surface area (Å²) in [7, 11) is 0. The molecule has 3 nitrogen and oxygen atoms in total. The van der Waals surface area contributed by atoms with Crippen LogP contribution in [0.1, 0.15) is 34.1 Å². The van der Waals surface area contributed by atoms with Crippen molar-refractivity contribution in [2.75, 3.05) is 0 Å². The molecule has 2 N–H and O–H groups in total. The number of rotatable bonds is 3. The maximum Gasteiger partial charge on any atom is 0.233 e. The molecule has 1 aliphatic carbocycles. The Kier molecular flexibility index (Phi) is 3.71. The van der Waals surface area contributed by atoms with Crippen LogP contribution in [0.4, 0.5) is 0 Å². The second-order valence-electron chi connectivity index (χ2n) is 5.32. The Labute approximate surface area is 97.0 Å². The molecule has 1 rings (SSSR count). The van der Waals surface area contributed by atoms with Gasteiger partial charge in [-0.15, -0.1) is 0 Å². The molecular formula is C11H21NO2S. The minimum atomic E-state index is -0.305. The van der Waals surface area contributed by atoms with Gasteiger partial charge in [-0.05, 0) is 12.3 Å². The molecule has 3 atom stereocenters. The van der Waals surface area contributed by atoms with Crippen LogP contribution >= 0.6 is 12.6 Å². The Hall–Kier alpha value is -0.220. The third kappa shape index (κ3) is 2.48. The number of carbonyl (C=O) groups excluding carboxylic acids is 1. The first kappa shape index (κ1) is 12.8. The third-order valence-corrected chi connectivity index (χ3v) is 4.26. The quantitative estimate of drug-likeness (QED) is 0.640. The zero-order valence-corrected chi connectivity index (χ0v) is 10.7. The van der Waals surface area contributed by atoms with Crippen LogP contribution < -0.4 is 5.32 Å². The number of aliphatic hydroxyl groups is 1. The van der Waals surface area contributed by atoms with Gasteiger partial charge in [0, 0.05) is 11.5 Å². The summed E-state index contributed by atoms with van der Waals surface area (Å²) >= 11 is 4.26. The summed E-state index contributed by atoms with van der Waals surface area (Å²) in [6.45, 7) is 7.88. The van der Waals surface area contributed by atoms with E-state index in [1.165, 1.54) is 0 Å². The van der Waals surface area contributed by atoms with Gasteiger partial charge >= 0.3 is 0 Å². The zero-order chi connectivity index (χ0) is 11.8. The largest absolute Gasteiger partial charge is 0.392 e. The van der Waals surface area contributed by atoms with Gasteiger partial charge in [0.15, 0.2) is 0 Å². The van der Waals surface area contributed by atoms with Gasteiger partial charge in [-0.1, -0.05) is 27.7 Å². The van der Waals surface area contributed by atoms with Crippen molar-refractivity contribution in [1.29, 1.82) is 0 Å². The number of amides is 1. The first-order valence-electron chi connectivity index (χ1n) is 5.43. The molecular weight excluding hydrogens is 210 g/mol. The number of carbonyl (C=O) groups is 1. The van der Waals surface area contributed by atoms with Crippen molar-refractivity contribution in [2.45, 2.75) is 51.5 Å². The van der Waals surface area contributed by atoms with Gasteiger partial charge in [0.25, 0.3) is 0 Å². The molecule has 0 aromatic rings. The minimum Gasteiger partial charge on any atom is -0.392 e. The van der Waals surface area contributed by atoms with E-state index in [1.807, 2.05) is 27.7 Å². The predicted molar refractivity (Wildman–Crippen MR) is 63.9 cm³/mol. The summed E-state index contributed by atoms with van der Waals surface area (Å²) in [5.41, 5.74) is -0.208. The monoisotopic (exact) mass is 231 g/mol. The highest BCUT2D eigenvalue weighted by Crippen LogP contribution is 2.40. The molecule has 4 heteroatoms. The van der Waals surface area contributed by atoms with E-state index in [0.29, 0.717) is 6.42 Å². The lowest BCUT2D eigenvalue weighted by atomic mass is 9.64. The van der Waals surface area contributed by atoms with E-state index in [1.54, 1.807) is 0 Å². The fraction of sp³-hybridized carbons (Fsp3) is 0.909. The fourth-order valence-electron chi connectivity index (χ4n) is 1.71. The van der Waals surface area contributed by atoms with E-state index >= 15 is 0 Å². The number of hydrogen-bond acceptors (Lipinski definition) is 3. The summed E-state index contributed by atoms with van der Waals surface area (Å²) in [4.78, 5) is 11.7. The molecule has 0 saturated heterocycles. The SMILES string of the molecule is CC(C)C(S)C(=O)NC1CC(O)C1(C)C. The summed E-state index contributed by atoms with van der Waals surface area (Å²) < 4.78 is 0. The van der Waals surface area contributed by atoms with Gasteiger partial charge in [0.2, 0.25) is 5.91 Å². The Morgan fingerprint density at radius 3 is 2.40 bits per heavy atom. The van der Waals surface area contributed by atoms with Crippen molar-refractivity contribution in [3.63, 3.8) is 0 Å². The third-order valence-electron chi connectivity index (χ3n) is 3.43. The average Bonchev–Trinajstić information content (AvgIpc) is 2.15. The molecule has 1 fully saturated rings. The highest BCUT2D eigenvalue weighted by molar-refractivity contribution is 7.81. The second kappa shape index (κ2) is 4.34. The minimum absolute atomic E-state index is 0.0293. The molecule has 0 heterocycles. The molecule has 0 bridgehead atoms. The maximum absolute atomic E-state index is 11.7. The zero-order valence-electron chi connectivity index (χ0n) is 9.82. The molecule has 88 valence electrons. The van der Waals surface area contributed by atoms with Crippen molar-refractivity contribution in [1.82, 2.24) is 5.32 Å². The summed E-state index contributed by atoms with van der Waals surface area (Å²) in [5.74, 6) is 0.194. The Balaban J connectivity index is 2.47. The average molecular weight is 231 g/mol. The molecule has 0 spiro atoms. The van der Waals surface area contributed by atoms with Crippen LogP contribution in [-0.4, -0.2) is 28.4 Å². The first-order chi connectivity index (χ1) is 6.76. The van der Waals surface area contributed by atoms with Crippen LogP contribution in [0, 0.1) is 11.3 Å². The van der Waals surface area contributed by atoms with Gasteiger partial charge in [-0.25, -0.2) is 0 Å². The highest BCUT2D eigenvalue weighted by Gasteiger charge is 2.48. The Bertz CT molecular complexity index is 253. The van der Waals surface area contributed by atoms with Gasteiger partial charge in [-0.2, -0.15) is 12.6 Å². The van der Waals surface area contributed by atoms with Gasteiger partial charge in [0.1, 0.15) is 0 Å². The number of thiol groups is 1. The van der Waals surface area contributed by atoms with Crippen LogP contribution in [-0.2, 0) is 4.79 Å². The van der Waals surface area contributed by atoms with Gasteiger partial charge in [0.05, 0.1) is 11.4 Å². The standard InChI is InChI=1S/C11H21NO2S/c1-6(2)9(15)10(14)12-7-5-8(13)11(7,3)4/h6-9,13,15H,5H2,1-4H3,(H,12,14). The molecule has 0 aliphatic heterocycles. The lowest BCUT2D eigenvalue weighted by Gasteiger charge is -2.49. The van der Waals surface area contributed by atoms with Crippen molar-refractivity contribution in [2.24, 2.45) is 11.3 Å². The molecule has 1 saturated carbocycles. The van der Waals surface area contributed by atoms with Crippen molar-refractivity contribution in [3.8, 4) is 0 Å². The van der Waals surface area contributed by atoms with E-state index in [0.717, 1.165) is 0 Å². The van der Waals surface area contributed by atoms with Crippen molar-refractivity contribution < 1.29 is 9.90 Å². The van der Waals surface area contributed by atoms with Crippen LogP contribution in [0.3, 0.4) is 0 Å². The van der Waals surface area contributed by atoms with E-state index in [2.05, 4.69) is 17.9 Å². The van der Waals surface area contributed by atoms with Gasteiger partial charge < -0.3 is 10.4 Å². The van der Waals surface area contributed by atoms with Gasteiger partial charge in [-0.3, -0.25) is 4.79 Å². The lowest BCUT2D eigenvalue weighted by molar-refractivity contribution is -0.129. The number of nitrogens with one attached hydrogen (secondary N) is 1. The summed E-state index contributed by atoms with van der Waals surface area (Å²) in [5, 5.41) is 12.2. The summed E-state index contributed by atoms with van der Waals surface area (Å²) in [6, 6.07) is 0.0772. The topological polar surface area (TPSA) is 49.3 Å². The molecule has 15 heavy (non-hydrogen) atoms. The summed E-state index contributed by atoms with van der Waals surface area (Å²) in [6.07, 6.45) is 0.345. The molecule has 1 aliphatic rings. The number of aliphatic hydroxyl groups excluding tert-OH is 1. The van der Waals surface area contributed by atoms with E-state index in [4.69, 9.17) is 0 Å². The molecule has 0 aromatic carbocycles. The normalized spacial score (nSPS) is 30.9. The molecule has 3 unspecified atom stereocenters. The van der Waals surface area contributed by atoms with Crippen LogP contribution in [0.25, 0.3) is 0 Å². The van der Waals surface area contributed by atoms with Crippen molar-refractivity contribution >= 4 is 18.5 Å². The Morgan fingerprint density at radius 1 is 1.53 bits per heavy atom. The van der Waals surface area contributed by atoms with E-state index in [9.17, 15) is 9.90 Å². The van der Waals surface area contributed by atoms with Crippen LogP contribution in [0.2, 0.25) is 0 Å². The maximum atomic E-state index is 11.7. The van der Waals surface area contributed by atoms with E-state index in [-0.39, 0.29) is 34.6 Å². The first-order valence-corrected chi connectivity index (χ1v) is 5.95. The highest BCUT2D eigenvalue weighted by atomic mass is 32.1. The lowest BCUT2D eigenvalue weighted by Crippen LogP contribution is -2.62. The van der Waals surface area contributed by atoms with Crippen LogP contribution in [0.5, 0.6) is 0 Å². The fourth-order valence-corrected chi connectivity index (χ4v) is 1.78. The van der Waals surface area contributed by atoms with Crippen LogP contribution in [0.15, 0.2) is 0 Å². The Morgan fingerprint density at radius 2 is 2.07 bits per heavy atom.